The predicted molar refractivity (Wildman–Crippen MR) is 93.8 cm³/mol. The zero-order chi connectivity index (χ0) is 18.6. The van der Waals surface area contributed by atoms with Crippen LogP contribution in [0.2, 0.25) is 0 Å². The number of hydrogen-bond donors (Lipinski definition) is 1. The summed E-state index contributed by atoms with van der Waals surface area (Å²) in [5.41, 5.74) is 6.07. The number of halogens is 3. The molecule has 2 heterocycles. The third-order valence-corrected chi connectivity index (χ3v) is 5.20. The minimum Gasteiger partial charge on any atom is -0.370 e. The van der Waals surface area contributed by atoms with Crippen molar-refractivity contribution in [3.05, 3.63) is 18.5 Å². The highest BCUT2D eigenvalue weighted by molar-refractivity contribution is 5.78. The van der Waals surface area contributed by atoms with Crippen LogP contribution in [0.25, 0.3) is 0 Å². The summed E-state index contributed by atoms with van der Waals surface area (Å²) in [6.07, 6.45) is 1.14. The standard InChI is InChI=1S/C17H25F3N6/c18-17(19,20)14-4-1-3-13(11-14)12-24-15(21)25-7-9-26(10-8-25)16-22-5-2-6-23-16/h2,5-6,13-14H,1,3-4,7-12H2,(H2,21,24). The van der Waals surface area contributed by atoms with Gasteiger partial charge < -0.3 is 15.5 Å². The minimum absolute atomic E-state index is 0.0343. The molecule has 0 radical (unpaired) electrons. The predicted octanol–water partition coefficient (Wildman–Crippen LogP) is 2.28. The fraction of sp³-hybridized carbons (Fsp3) is 0.706. The van der Waals surface area contributed by atoms with E-state index in [-0.39, 0.29) is 18.8 Å². The number of nitrogens with two attached hydrogens (primary N) is 1. The summed E-state index contributed by atoms with van der Waals surface area (Å²) >= 11 is 0. The number of aliphatic imine (C=N–C) groups is 1. The van der Waals surface area contributed by atoms with Gasteiger partial charge in [0.05, 0.1) is 5.92 Å². The zero-order valence-electron chi connectivity index (χ0n) is 14.7. The lowest BCUT2D eigenvalue weighted by Gasteiger charge is -2.35. The lowest BCUT2D eigenvalue weighted by Crippen LogP contribution is -2.51. The lowest BCUT2D eigenvalue weighted by atomic mass is 9.81. The van der Waals surface area contributed by atoms with E-state index >= 15 is 0 Å². The van der Waals surface area contributed by atoms with E-state index in [1.54, 1.807) is 18.5 Å². The average Bonchev–Trinajstić information content (AvgIpc) is 2.66. The number of nitrogens with zero attached hydrogens (tertiary/aromatic N) is 5. The molecule has 2 N–H and O–H groups in total. The molecular formula is C17H25F3N6. The summed E-state index contributed by atoms with van der Waals surface area (Å²) in [4.78, 5) is 16.9. The van der Waals surface area contributed by atoms with Crippen molar-refractivity contribution < 1.29 is 13.2 Å². The summed E-state index contributed by atoms with van der Waals surface area (Å²) in [7, 11) is 0. The molecule has 2 atom stereocenters. The van der Waals surface area contributed by atoms with Crippen LogP contribution < -0.4 is 10.6 Å². The Morgan fingerprint density at radius 1 is 1.15 bits per heavy atom. The Kier molecular flexibility index (Phi) is 5.83. The summed E-state index contributed by atoms with van der Waals surface area (Å²) < 4.78 is 38.7. The molecule has 0 bridgehead atoms. The number of guanidine groups is 1. The molecule has 2 fully saturated rings. The largest absolute Gasteiger partial charge is 0.391 e. The molecule has 0 aromatic carbocycles. The molecule has 1 aromatic heterocycles. The quantitative estimate of drug-likeness (QED) is 0.653. The fourth-order valence-corrected chi connectivity index (χ4v) is 3.67. The molecule has 2 unspecified atom stereocenters. The van der Waals surface area contributed by atoms with Gasteiger partial charge in [-0.3, -0.25) is 4.99 Å². The molecule has 2 aliphatic rings. The first kappa shape index (κ1) is 18.7. The van der Waals surface area contributed by atoms with E-state index < -0.39 is 12.1 Å². The van der Waals surface area contributed by atoms with Crippen LogP contribution in [0, 0.1) is 11.8 Å². The third-order valence-electron chi connectivity index (χ3n) is 5.20. The number of rotatable bonds is 3. The van der Waals surface area contributed by atoms with E-state index in [0.717, 1.165) is 19.5 Å². The number of alkyl halides is 3. The van der Waals surface area contributed by atoms with Gasteiger partial charge in [0.2, 0.25) is 5.95 Å². The zero-order valence-corrected chi connectivity index (χ0v) is 14.7. The van der Waals surface area contributed by atoms with Crippen LogP contribution in [0.15, 0.2) is 23.5 Å². The Balaban J connectivity index is 1.48. The van der Waals surface area contributed by atoms with Crippen molar-refractivity contribution in [1.82, 2.24) is 14.9 Å². The monoisotopic (exact) mass is 370 g/mol. The lowest BCUT2D eigenvalue weighted by molar-refractivity contribution is -0.185. The SMILES string of the molecule is NC(=NCC1CCCC(C(F)(F)F)C1)N1CCN(c2ncccn2)CC1. The Bertz CT molecular complexity index is 598. The van der Waals surface area contributed by atoms with Crippen LogP contribution in [0.1, 0.15) is 25.7 Å². The summed E-state index contributed by atoms with van der Waals surface area (Å²) in [6, 6.07) is 1.78. The summed E-state index contributed by atoms with van der Waals surface area (Å²) in [5, 5.41) is 0. The van der Waals surface area contributed by atoms with Crippen LogP contribution >= 0.6 is 0 Å². The molecule has 9 heteroatoms. The molecule has 1 aromatic rings. The molecule has 1 aliphatic heterocycles. The number of piperazine rings is 1. The smallest absolute Gasteiger partial charge is 0.370 e. The topological polar surface area (TPSA) is 70.6 Å². The first-order valence-electron chi connectivity index (χ1n) is 9.07. The maximum atomic E-state index is 12.9. The molecular weight excluding hydrogens is 345 g/mol. The van der Waals surface area contributed by atoms with E-state index in [2.05, 4.69) is 19.9 Å². The fourth-order valence-electron chi connectivity index (χ4n) is 3.67. The van der Waals surface area contributed by atoms with Gasteiger partial charge in [-0.1, -0.05) is 6.42 Å². The van der Waals surface area contributed by atoms with Gasteiger partial charge in [0.1, 0.15) is 0 Å². The van der Waals surface area contributed by atoms with Crippen LogP contribution in [0.5, 0.6) is 0 Å². The summed E-state index contributed by atoms with van der Waals surface area (Å²) in [6.45, 7) is 3.24. The highest BCUT2D eigenvalue weighted by Crippen LogP contribution is 2.39. The van der Waals surface area contributed by atoms with Gasteiger partial charge in [0.25, 0.3) is 0 Å². The Hall–Kier alpha value is -2.06. The first-order chi connectivity index (χ1) is 12.4. The molecule has 1 saturated heterocycles. The normalized spacial score (nSPS) is 25.4. The van der Waals surface area contributed by atoms with E-state index in [4.69, 9.17) is 5.73 Å². The van der Waals surface area contributed by atoms with Crippen LogP contribution in [0.3, 0.4) is 0 Å². The average molecular weight is 370 g/mol. The minimum atomic E-state index is -4.09. The molecule has 6 nitrogen and oxygen atoms in total. The van der Waals surface area contributed by atoms with Gasteiger partial charge in [0, 0.05) is 45.1 Å². The number of anilines is 1. The summed E-state index contributed by atoms with van der Waals surface area (Å²) in [5.74, 6) is -0.101. The molecule has 144 valence electrons. The van der Waals surface area contributed by atoms with Crippen LogP contribution in [-0.2, 0) is 0 Å². The van der Waals surface area contributed by atoms with Gasteiger partial charge >= 0.3 is 6.18 Å². The van der Waals surface area contributed by atoms with Crippen molar-refractivity contribution in [1.29, 1.82) is 0 Å². The van der Waals surface area contributed by atoms with Gasteiger partial charge in [-0.25, -0.2) is 9.97 Å². The highest BCUT2D eigenvalue weighted by Gasteiger charge is 2.42. The second-order valence-corrected chi connectivity index (χ2v) is 6.99. The van der Waals surface area contributed by atoms with Crippen molar-refractivity contribution in [2.75, 3.05) is 37.6 Å². The molecule has 3 rings (SSSR count). The van der Waals surface area contributed by atoms with E-state index in [9.17, 15) is 13.2 Å². The maximum absolute atomic E-state index is 12.9. The van der Waals surface area contributed by atoms with Crippen LogP contribution in [0.4, 0.5) is 19.1 Å². The number of aromatic nitrogens is 2. The van der Waals surface area contributed by atoms with Crippen molar-refractivity contribution in [3.8, 4) is 0 Å². The van der Waals surface area contributed by atoms with E-state index in [1.165, 1.54) is 0 Å². The molecule has 1 saturated carbocycles. The van der Waals surface area contributed by atoms with Crippen molar-refractivity contribution in [2.45, 2.75) is 31.9 Å². The second-order valence-electron chi connectivity index (χ2n) is 6.99. The van der Waals surface area contributed by atoms with Crippen molar-refractivity contribution in [3.63, 3.8) is 0 Å². The van der Waals surface area contributed by atoms with Gasteiger partial charge in [0.15, 0.2) is 5.96 Å². The molecule has 26 heavy (non-hydrogen) atoms. The van der Waals surface area contributed by atoms with E-state index in [1.807, 2.05) is 4.90 Å². The molecule has 0 amide bonds. The van der Waals surface area contributed by atoms with Crippen LogP contribution in [-0.4, -0.2) is 59.7 Å². The first-order valence-corrected chi connectivity index (χ1v) is 9.07. The maximum Gasteiger partial charge on any atom is 0.391 e. The van der Waals surface area contributed by atoms with E-state index in [0.29, 0.717) is 38.0 Å². The Labute approximate surface area is 151 Å². The Morgan fingerprint density at radius 3 is 2.50 bits per heavy atom. The van der Waals surface area contributed by atoms with Gasteiger partial charge in [-0.2, -0.15) is 13.2 Å². The second kappa shape index (κ2) is 8.09. The van der Waals surface area contributed by atoms with Crippen molar-refractivity contribution >= 4 is 11.9 Å². The Morgan fingerprint density at radius 2 is 1.85 bits per heavy atom. The molecule has 1 aliphatic carbocycles. The number of hydrogen-bond acceptors (Lipinski definition) is 4. The van der Waals surface area contributed by atoms with Gasteiger partial charge in [-0.15, -0.1) is 0 Å². The van der Waals surface area contributed by atoms with Gasteiger partial charge in [-0.05, 0) is 31.2 Å². The third kappa shape index (κ3) is 4.76. The highest BCUT2D eigenvalue weighted by atomic mass is 19.4. The molecule has 0 spiro atoms. The van der Waals surface area contributed by atoms with Crippen molar-refractivity contribution in [2.24, 2.45) is 22.6 Å².